The molecule has 0 saturated carbocycles. The molecule has 0 aliphatic carbocycles. The van der Waals surface area contributed by atoms with E-state index < -0.39 is 6.23 Å². The van der Waals surface area contributed by atoms with E-state index in [2.05, 4.69) is 6.92 Å². The first kappa shape index (κ1) is 11.4. The molecule has 0 bridgehead atoms. The summed E-state index contributed by atoms with van der Waals surface area (Å²) in [5.74, 6) is -0.0437. The molecule has 12 heavy (non-hydrogen) atoms. The minimum absolute atomic E-state index is 0.0437. The fraction of sp³-hybridized carbons (Fsp3) is 0.889. The van der Waals surface area contributed by atoms with Gasteiger partial charge in [-0.1, -0.05) is 20.3 Å². The van der Waals surface area contributed by atoms with Crippen LogP contribution in [-0.2, 0) is 4.79 Å². The molecular formula is C9H19NO2. The number of rotatable bonds is 5. The third-order valence-corrected chi connectivity index (χ3v) is 1.88. The summed E-state index contributed by atoms with van der Waals surface area (Å²) in [5.41, 5.74) is 0. The van der Waals surface area contributed by atoms with Crippen LogP contribution in [0.1, 0.15) is 40.0 Å². The van der Waals surface area contributed by atoms with Crippen molar-refractivity contribution in [2.24, 2.45) is 0 Å². The fourth-order valence-corrected chi connectivity index (χ4v) is 1.07. The molecule has 0 saturated heterocycles. The van der Waals surface area contributed by atoms with Gasteiger partial charge < -0.3 is 10.0 Å². The molecule has 0 radical (unpaired) electrons. The minimum Gasteiger partial charge on any atom is -0.374 e. The van der Waals surface area contributed by atoms with Crippen molar-refractivity contribution in [1.29, 1.82) is 0 Å². The molecule has 3 heteroatoms. The first-order chi connectivity index (χ1) is 5.63. The van der Waals surface area contributed by atoms with Crippen LogP contribution in [0.25, 0.3) is 0 Å². The molecule has 72 valence electrons. The molecular weight excluding hydrogens is 154 g/mol. The van der Waals surface area contributed by atoms with Crippen molar-refractivity contribution in [3.63, 3.8) is 0 Å². The van der Waals surface area contributed by atoms with Gasteiger partial charge in [0.2, 0.25) is 5.91 Å². The highest BCUT2D eigenvalue weighted by molar-refractivity contribution is 5.73. The van der Waals surface area contributed by atoms with E-state index in [9.17, 15) is 9.90 Å². The van der Waals surface area contributed by atoms with E-state index in [1.807, 2.05) is 6.92 Å². The zero-order chi connectivity index (χ0) is 9.56. The van der Waals surface area contributed by atoms with Gasteiger partial charge >= 0.3 is 0 Å². The van der Waals surface area contributed by atoms with E-state index in [0.717, 1.165) is 12.8 Å². The van der Waals surface area contributed by atoms with Crippen molar-refractivity contribution in [2.75, 3.05) is 6.54 Å². The summed E-state index contributed by atoms with van der Waals surface area (Å²) in [6, 6.07) is 0. The lowest BCUT2D eigenvalue weighted by Crippen LogP contribution is -2.39. The molecule has 3 nitrogen and oxygen atoms in total. The van der Waals surface area contributed by atoms with Crippen LogP contribution in [0.5, 0.6) is 0 Å². The molecule has 0 aliphatic rings. The first-order valence-corrected chi connectivity index (χ1v) is 4.58. The van der Waals surface area contributed by atoms with Crippen LogP contribution in [0, 0.1) is 0 Å². The zero-order valence-electron chi connectivity index (χ0n) is 8.21. The van der Waals surface area contributed by atoms with E-state index in [1.54, 1.807) is 0 Å². The van der Waals surface area contributed by atoms with Crippen molar-refractivity contribution in [3.8, 4) is 0 Å². The van der Waals surface area contributed by atoms with Crippen molar-refractivity contribution in [3.05, 3.63) is 0 Å². The van der Waals surface area contributed by atoms with E-state index >= 15 is 0 Å². The highest BCUT2D eigenvalue weighted by atomic mass is 16.3. The molecule has 0 aliphatic heterocycles. The average Bonchev–Trinajstić information content (AvgIpc) is 2.04. The van der Waals surface area contributed by atoms with Crippen molar-refractivity contribution >= 4 is 5.91 Å². The van der Waals surface area contributed by atoms with Gasteiger partial charge in [0, 0.05) is 13.5 Å². The summed E-state index contributed by atoms with van der Waals surface area (Å²) < 4.78 is 0. The summed E-state index contributed by atoms with van der Waals surface area (Å²) in [7, 11) is 0. The summed E-state index contributed by atoms with van der Waals surface area (Å²) in [5, 5.41) is 9.42. The van der Waals surface area contributed by atoms with Crippen molar-refractivity contribution in [1.82, 2.24) is 4.90 Å². The Bertz CT molecular complexity index is 136. The molecule has 0 spiro atoms. The second-order valence-electron chi connectivity index (χ2n) is 2.95. The maximum absolute atomic E-state index is 11.0. The molecule has 1 amide bonds. The van der Waals surface area contributed by atoms with Gasteiger partial charge in [-0.3, -0.25) is 4.79 Å². The van der Waals surface area contributed by atoms with Gasteiger partial charge in [-0.05, 0) is 12.8 Å². The lowest BCUT2D eigenvalue weighted by atomic mass is 10.3. The molecule has 1 unspecified atom stereocenters. The topological polar surface area (TPSA) is 40.5 Å². The lowest BCUT2D eigenvalue weighted by Gasteiger charge is -2.25. The smallest absolute Gasteiger partial charge is 0.221 e. The van der Waals surface area contributed by atoms with E-state index in [4.69, 9.17) is 0 Å². The average molecular weight is 173 g/mol. The highest BCUT2D eigenvalue weighted by Crippen LogP contribution is 2.03. The number of hydrogen-bond donors (Lipinski definition) is 1. The molecule has 1 N–H and O–H groups in total. The highest BCUT2D eigenvalue weighted by Gasteiger charge is 2.14. The van der Waals surface area contributed by atoms with Gasteiger partial charge in [0.15, 0.2) is 0 Å². The maximum Gasteiger partial charge on any atom is 0.221 e. The number of aliphatic hydroxyl groups excluding tert-OH is 1. The Morgan fingerprint density at radius 3 is 2.42 bits per heavy atom. The van der Waals surface area contributed by atoms with E-state index in [0.29, 0.717) is 13.0 Å². The quantitative estimate of drug-likeness (QED) is 0.638. The minimum atomic E-state index is -0.603. The van der Waals surface area contributed by atoms with E-state index in [-0.39, 0.29) is 5.91 Å². The van der Waals surface area contributed by atoms with Crippen LogP contribution < -0.4 is 0 Å². The fourth-order valence-electron chi connectivity index (χ4n) is 1.07. The van der Waals surface area contributed by atoms with E-state index in [1.165, 1.54) is 11.8 Å². The normalized spacial score (nSPS) is 12.7. The molecule has 0 heterocycles. The Morgan fingerprint density at radius 1 is 1.50 bits per heavy atom. The third kappa shape index (κ3) is 3.72. The number of unbranched alkanes of at least 4 members (excludes halogenated alkanes) is 1. The second kappa shape index (κ2) is 6.00. The maximum atomic E-state index is 11.0. The number of nitrogens with zero attached hydrogens (tertiary/aromatic N) is 1. The van der Waals surface area contributed by atoms with Crippen molar-refractivity contribution < 1.29 is 9.90 Å². The van der Waals surface area contributed by atoms with Crippen LogP contribution in [-0.4, -0.2) is 28.7 Å². The van der Waals surface area contributed by atoms with Gasteiger partial charge in [-0.15, -0.1) is 0 Å². The zero-order valence-corrected chi connectivity index (χ0v) is 8.21. The predicted octanol–water partition coefficient (Wildman–Crippen LogP) is 1.36. The Labute approximate surface area is 74.4 Å². The third-order valence-electron chi connectivity index (χ3n) is 1.88. The molecule has 0 aromatic heterocycles. The van der Waals surface area contributed by atoms with Crippen LogP contribution >= 0.6 is 0 Å². The number of hydrogen-bond acceptors (Lipinski definition) is 2. The molecule has 0 fully saturated rings. The largest absolute Gasteiger partial charge is 0.374 e. The number of carbonyl (C=O) groups is 1. The summed E-state index contributed by atoms with van der Waals surface area (Å²) in [6.45, 7) is 6.10. The second-order valence-corrected chi connectivity index (χ2v) is 2.95. The standard InChI is InChI=1S/C9H19NO2/c1-4-6-7-10(8(3)11)9(12)5-2/h9,12H,4-7H2,1-3H3. The van der Waals surface area contributed by atoms with Gasteiger partial charge in [-0.2, -0.15) is 0 Å². The summed E-state index contributed by atoms with van der Waals surface area (Å²) in [4.78, 5) is 12.5. The van der Waals surface area contributed by atoms with Crippen LogP contribution in [0.3, 0.4) is 0 Å². The lowest BCUT2D eigenvalue weighted by molar-refractivity contribution is -0.139. The van der Waals surface area contributed by atoms with Gasteiger partial charge in [-0.25, -0.2) is 0 Å². The summed E-state index contributed by atoms with van der Waals surface area (Å²) >= 11 is 0. The Kier molecular flexibility index (Phi) is 5.72. The molecule has 0 rings (SSSR count). The Balaban J connectivity index is 3.94. The Morgan fingerprint density at radius 2 is 2.08 bits per heavy atom. The van der Waals surface area contributed by atoms with Crippen LogP contribution in [0.4, 0.5) is 0 Å². The summed E-state index contributed by atoms with van der Waals surface area (Å²) in [6.07, 6.45) is 1.99. The van der Waals surface area contributed by atoms with Gasteiger partial charge in [0.25, 0.3) is 0 Å². The number of amides is 1. The van der Waals surface area contributed by atoms with Gasteiger partial charge in [0.05, 0.1) is 0 Å². The molecule has 0 aromatic rings. The number of aliphatic hydroxyl groups is 1. The SMILES string of the molecule is CCCCN(C(C)=O)C(O)CC. The predicted molar refractivity (Wildman–Crippen MR) is 48.6 cm³/mol. The molecule has 1 atom stereocenters. The first-order valence-electron chi connectivity index (χ1n) is 4.58. The van der Waals surface area contributed by atoms with Gasteiger partial charge in [0.1, 0.15) is 6.23 Å². The number of carbonyl (C=O) groups excluding carboxylic acids is 1. The monoisotopic (exact) mass is 173 g/mol. The molecule has 0 aromatic carbocycles. The van der Waals surface area contributed by atoms with Crippen molar-refractivity contribution in [2.45, 2.75) is 46.3 Å². The van der Waals surface area contributed by atoms with Crippen LogP contribution in [0.2, 0.25) is 0 Å². The Hall–Kier alpha value is -0.570. The van der Waals surface area contributed by atoms with Crippen LogP contribution in [0.15, 0.2) is 0 Å².